The van der Waals surface area contributed by atoms with Crippen molar-refractivity contribution in [3.05, 3.63) is 71.6 Å². The van der Waals surface area contributed by atoms with Gasteiger partial charge in [-0.1, -0.05) is 98.9 Å². The first kappa shape index (κ1) is 62.8. The van der Waals surface area contributed by atoms with Crippen molar-refractivity contribution in [2.75, 3.05) is 47.4 Å². The summed E-state index contributed by atoms with van der Waals surface area (Å²) in [7, 11) is 5.68. The van der Waals surface area contributed by atoms with Gasteiger partial charge in [0.1, 0.15) is 11.8 Å². The van der Waals surface area contributed by atoms with E-state index in [4.69, 9.17) is 15.9 Å². The molecule has 4 rings (SSSR count). The van der Waals surface area contributed by atoms with Crippen molar-refractivity contribution in [3.8, 4) is 28.7 Å². The Balaban J connectivity index is 0.000000756. The van der Waals surface area contributed by atoms with Crippen LogP contribution in [0.2, 0.25) is 0 Å². The molecule has 0 aliphatic carbocycles. The number of phenolic OH excluding ortho intramolecular Hbond substituents is 1. The summed E-state index contributed by atoms with van der Waals surface area (Å²) in [6.07, 6.45) is 11.7. The number of nitrogens with zero attached hydrogens (tertiary/aromatic N) is 5. The molecule has 1 aliphatic heterocycles. The number of hydrogen-bond acceptors (Lipinski definition) is 10. The van der Waals surface area contributed by atoms with Gasteiger partial charge in [0.15, 0.2) is 0 Å². The first-order valence-corrected chi connectivity index (χ1v) is 25.2. The topological polar surface area (TPSA) is 187 Å². The Morgan fingerprint density at radius 2 is 1.76 bits per heavy atom. The quantitative estimate of drug-likeness (QED) is 0.0238. The molecule has 14 nitrogen and oxygen atoms in total. The number of hydrogen-bond donors (Lipinski definition) is 4. The second-order valence-corrected chi connectivity index (χ2v) is 19.6. The molecule has 5 N–H and O–H groups in total. The lowest BCUT2D eigenvalue weighted by Gasteiger charge is -2.26. The number of aromatic nitrogens is 1. The fourth-order valence-corrected chi connectivity index (χ4v) is 8.35. The average Bonchev–Trinajstić information content (AvgIpc) is 3.89. The SMILES string of the molecule is C=CN(C)C(C(N)=O)C(C)C.CC.CCn1c(/C(C=N)=C(/C)C(C)C)c(CC(C)(C)COC=O)c2cc(-c3cc(O)cc(CCCCC/C=N\NC=O)c3)ccc21.C[C@H]1CCN(C(=O)C#CCN(C)C)C1. The van der Waals surface area contributed by atoms with Crippen molar-refractivity contribution >= 4 is 53.6 Å². The summed E-state index contributed by atoms with van der Waals surface area (Å²) < 4.78 is 7.52. The number of benzene rings is 2. The molecule has 2 atom stereocenters. The number of hydrazone groups is 1. The summed E-state index contributed by atoms with van der Waals surface area (Å²) >= 11 is 0. The highest BCUT2D eigenvalue weighted by atomic mass is 16.5. The zero-order chi connectivity index (χ0) is 53.8. The number of carbonyl (C=O) groups excluding carboxylic acids is 4. The maximum absolute atomic E-state index is 11.5. The zero-order valence-electron chi connectivity index (χ0n) is 45.7. The minimum Gasteiger partial charge on any atom is -0.508 e. The second kappa shape index (κ2) is 32.6. The molecular weight excluding hydrogens is 893 g/mol. The molecular formula is C57H88N8O6. The van der Waals surface area contributed by atoms with Gasteiger partial charge in [-0.05, 0) is 143 Å². The highest BCUT2D eigenvalue weighted by Crippen LogP contribution is 2.39. The van der Waals surface area contributed by atoms with Crippen molar-refractivity contribution in [1.82, 2.24) is 24.7 Å². The Bertz CT molecular complexity index is 2300. The van der Waals surface area contributed by atoms with E-state index in [1.807, 2.05) is 63.7 Å². The van der Waals surface area contributed by atoms with Crippen LogP contribution in [-0.2, 0) is 43.3 Å². The average molecular weight is 981 g/mol. The van der Waals surface area contributed by atoms with Crippen molar-refractivity contribution < 1.29 is 29.0 Å². The molecule has 0 saturated carbocycles. The van der Waals surface area contributed by atoms with Gasteiger partial charge in [0.25, 0.3) is 12.4 Å². The number of primary amides is 1. The number of likely N-dealkylation sites (tertiary alicyclic amines) is 1. The highest BCUT2D eigenvalue weighted by Gasteiger charge is 2.28. The van der Waals surface area contributed by atoms with Crippen LogP contribution in [-0.4, -0.2) is 115 Å². The summed E-state index contributed by atoms with van der Waals surface area (Å²) in [4.78, 5) is 49.2. The molecule has 1 saturated heterocycles. The zero-order valence-corrected chi connectivity index (χ0v) is 45.7. The highest BCUT2D eigenvalue weighted by molar-refractivity contribution is 6.12. The van der Waals surface area contributed by atoms with Gasteiger partial charge in [-0.2, -0.15) is 5.10 Å². The van der Waals surface area contributed by atoms with Crippen LogP contribution in [0.4, 0.5) is 0 Å². The molecule has 0 bridgehead atoms. The van der Waals surface area contributed by atoms with Crippen LogP contribution in [0.5, 0.6) is 5.75 Å². The van der Waals surface area contributed by atoms with E-state index in [-0.39, 0.29) is 40.9 Å². The van der Waals surface area contributed by atoms with Gasteiger partial charge in [-0.3, -0.25) is 29.5 Å². The Labute approximate surface area is 426 Å². The second-order valence-electron chi connectivity index (χ2n) is 19.6. The fraction of sp³-hybridized carbons (Fsp3) is 0.544. The minimum atomic E-state index is -0.327. The maximum Gasteiger partial charge on any atom is 0.298 e. The molecule has 392 valence electrons. The summed E-state index contributed by atoms with van der Waals surface area (Å²) in [5.74, 6) is 6.59. The summed E-state index contributed by atoms with van der Waals surface area (Å²) in [6, 6.07) is 12.0. The first-order valence-electron chi connectivity index (χ1n) is 25.2. The summed E-state index contributed by atoms with van der Waals surface area (Å²) in [6.45, 7) is 30.3. The minimum absolute atomic E-state index is 0.0174. The number of allylic oxidation sites excluding steroid dienone is 2. The fourth-order valence-electron chi connectivity index (χ4n) is 8.35. The standard InChI is InChI=1S/C36H48N4O4.C11H18N2O.C8H16N2O.C2H6/c1-7-40-34-14-13-28(29-16-27(17-30(43)18-29)12-10-8-9-11-15-38-39-23-41)19-31(34)32(20-36(5,6)22-44-24-42)35(40)33(21-37)26(4)25(2)3;1-10-6-8-13(9-10)11(14)5-4-7-12(2)3;1-5-10(4)7(6(2)3)8(9)11;1-2/h13-19,21,23-25,37,43H,7-12,20,22H2,1-6H3,(H,39,41);10H,6-9H2,1-3H3;5-7H,1H2,2-4H3,(H2,9,11);1-2H3/b33-26-,37-21?,38-15-;;;/t;10-;;/m.0../s1. The number of unbranched alkanes of at least 4 members (excludes halogenated alkanes) is 3. The van der Waals surface area contributed by atoms with Crippen molar-refractivity contribution in [1.29, 1.82) is 5.41 Å². The Morgan fingerprint density at radius 3 is 2.28 bits per heavy atom. The molecule has 1 aromatic heterocycles. The van der Waals surface area contributed by atoms with E-state index in [1.54, 1.807) is 24.4 Å². The Kier molecular flexibility index (Phi) is 28.9. The number of phenols is 1. The molecule has 2 aromatic carbocycles. The number of amides is 3. The van der Waals surface area contributed by atoms with Gasteiger partial charge in [-0.15, -0.1) is 0 Å². The van der Waals surface area contributed by atoms with E-state index in [0.29, 0.717) is 38.4 Å². The van der Waals surface area contributed by atoms with Crippen LogP contribution < -0.4 is 11.2 Å². The molecule has 2 heterocycles. The molecule has 0 radical (unpaired) electrons. The van der Waals surface area contributed by atoms with Crippen molar-refractivity contribution in [2.24, 2.45) is 34.0 Å². The number of ether oxygens (including phenoxy) is 1. The van der Waals surface area contributed by atoms with Crippen LogP contribution in [0.25, 0.3) is 27.6 Å². The number of likely N-dealkylation sites (N-methyl/N-ethyl adjacent to an activating group) is 1. The molecule has 3 aromatic rings. The van der Waals surface area contributed by atoms with Gasteiger partial charge >= 0.3 is 0 Å². The Hall–Kier alpha value is -6.20. The van der Waals surface area contributed by atoms with E-state index in [1.165, 1.54) is 6.21 Å². The third-order valence-electron chi connectivity index (χ3n) is 12.2. The molecule has 1 aliphatic rings. The molecule has 1 fully saturated rings. The van der Waals surface area contributed by atoms with Crippen LogP contribution in [0, 0.1) is 40.4 Å². The van der Waals surface area contributed by atoms with Crippen molar-refractivity contribution in [2.45, 2.75) is 134 Å². The van der Waals surface area contributed by atoms with Crippen LogP contribution in [0.3, 0.4) is 0 Å². The maximum atomic E-state index is 11.5. The summed E-state index contributed by atoms with van der Waals surface area (Å²) in [5.41, 5.74) is 15.5. The number of carbonyl (C=O) groups is 4. The van der Waals surface area contributed by atoms with Crippen LogP contribution >= 0.6 is 0 Å². The number of nitrogens with one attached hydrogen (secondary N) is 2. The first-order chi connectivity index (χ1) is 33.7. The lowest BCUT2D eigenvalue weighted by molar-refractivity contribution is -0.131. The largest absolute Gasteiger partial charge is 0.508 e. The van der Waals surface area contributed by atoms with Gasteiger partial charge < -0.3 is 35.4 Å². The summed E-state index contributed by atoms with van der Waals surface area (Å²) in [5, 5.41) is 24.0. The molecule has 0 spiro atoms. The number of nitrogens with two attached hydrogens (primary N) is 1. The van der Waals surface area contributed by atoms with Gasteiger partial charge in [0, 0.05) is 61.0 Å². The van der Waals surface area contributed by atoms with E-state index in [0.717, 1.165) is 108 Å². The van der Waals surface area contributed by atoms with E-state index < -0.39 is 0 Å². The number of rotatable bonds is 23. The lowest BCUT2D eigenvalue weighted by atomic mass is 9.83. The van der Waals surface area contributed by atoms with Gasteiger partial charge in [0.05, 0.1) is 18.8 Å². The van der Waals surface area contributed by atoms with Gasteiger partial charge in [-0.25, -0.2) is 0 Å². The predicted octanol–water partition coefficient (Wildman–Crippen LogP) is 9.71. The number of aromatic hydroxyl groups is 1. The van der Waals surface area contributed by atoms with Gasteiger partial charge in [0.2, 0.25) is 12.3 Å². The lowest BCUT2D eigenvalue weighted by Crippen LogP contribution is -2.43. The number of fused-ring (bicyclic) bond motifs is 1. The molecule has 14 heteroatoms. The molecule has 71 heavy (non-hydrogen) atoms. The third-order valence-corrected chi connectivity index (χ3v) is 12.2. The number of aryl methyl sites for hydroxylation is 2. The van der Waals surface area contributed by atoms with E-state index in [9.17, 15) is 24.3 Å². The van der Waals surface area contributed by atoms with E-state index >= 15 is 0 Å². The molecule has 1 unspecified atom stereocenters. The van der Waals surface area contributed by atoms with Crippen molar-refractivity contribution in [3.63, 3.8) is 0 Å². The van der Waals surface area contributed by atoms with Crippen LogP contribution in [0.1, 0.15) is 125 Å². The normalized spacial score (nSPS) is 13.9. The van der Waals surface area contributed by atoms with Crippen LogP contribution in [0.15, 0.2) is 59.9 Å². The van der Waals surface area contributed by atoms with E-state index in [2.05, 4.69) is 106 Å². The predicted molar refractivity (Wildman–Crippen MR) is 294 cm³/mol. The monoisotopic (exact) mass is 981 g/mol. The smallest absolute Gasteiger partial charge is 0.298 e. The Morgan fingerprint density at radius 1 is 1.07 bits per heavy atom. The molecule has 3 amide bonds. The third kappa shape index (κ3) is 21.0.